The van der Waals surface area contributed by atoms with Gasteiger partial charge in [-0.25, -0.2) is 9.97 Å². The van der Waals surface area contributed by atoms with Crippen molar-refractivity contribution < 1.29 is 9.53 Å². The van der Waals surface area contributed by atoms with E-state index in [1.165, 1.54) is 12.4 Å². The second-order valence-electron chi connectivity index (χ2n) is 4.06. The zero-order valence-corrected chi connectivity index (χ0v) is 11.0. The summed E-state index contributed by atoms with van der Waals surface area (Å²) in [6, 6.07) is 9.53. The molecule has 0 radical (unpaired) electrons. The molecule has 0 aliphatic rings. The van der Waals surface area contributed by atoms with Crippen molar-refractivity contribution in [1.29, 1.82) is 0 Å². The van der Waals surface area contributed by atoms with Gasteiger partial charge in [0, 0.05) is 18.9 Å². The third-order valence-corrected chi connectivity index (χ3v) is 2.56. The van der Waals surface area contributed by atoms with E-state index in [9.17, 15) is 4.79 Å². The summed E-state index contributed by atoms with van der Waals surface area (Å²) in [5.41, 5.74) is 5.72. The van der Waals surface area contributed by atoms with Crippen LogP contribution >= 0.6 is 0 Å². The lowest BCUT2D eigenvalue weighted by atomic mass is 10.3. The Morgan fingerprint density at radius 2 is 1.95 bits per heavy atom. The number of nitrogen functional groups attached to an aromatic ring is 1. The smallest absolute Gasteiger partial charge is 0.273 e. The van der Waals surface area contributed by atoms with Crippen LogP contribution in [-0.2, 0) is 0 Å². The van der Waals surface area contributed by atoms with Crippen molar-refractivity contribution in [3.8, 4) is 5.75 Å². The number of aromatic nitrogens is 2. The molecule has 0 saturated heterocycles. The first kappa shape index (κ1) is 13.8. The van der Waals surface area contributed by atoms with Gasteiger partial charge in [0.15, 0.2) is 11.5 Å². The molecule has 2 aromatic rings. The number of amides is 1. The van der Waals surface area contributed by atoms with Gasteiger partial charge in [0.1, 0.15) is 5.75 Å². The van der Waals surface area contributed by atoms with Crippen molar-refractivity contribution in [2.45, 2.75) is 6.42 Å². The van der Waals surface area contributed by atoms with Crippen molar-refractivity contribution in [3.63, 3.8) is 0 Å². The van der Waals surface area contributed by atoms with Crippen LogP contribution in [0.3, 0.4) is 0 Å². The molecule has 6 heteroatoms. The van der Waals surface area contributed by atoms with E-state index >= 15 is 0 Å². The van der Waals surface area contributed by atoms with E-state index in [-0.39, 0.29) is 17.4 Å². The van der Waals surface area contributed by atoms with Crippen LogP contribution in [0.5, 0.6) is 5.75 Å². The number of benzene rings is 1. The van der Waals surface area contributed by atoms with Crippen LogP contribution < -0.4 is 15.8 Å². The van der Waals surface area contributed by atoms with Crippen molar-refractivity contribution in [3.05, 3.63) is 48.4 Å². The van der Waals surface area contributed by atoms with Crippen LogP contribution in [-0.4, -0.2) is 29.0 Å². The Labute approximate surface area is 117 Å². The maximum atomic E-state index is 11.8. The summed E-state index contributed by atoms with van der Waals surface area (Å²) in [7, 11) is 0. The lowest BCUT2D eigenvalue weighted by molar-refractivity contribution is 0.0947. The van der Waals surface area contributed by atoms with Gasteiger partial charge in [0.25, 0.3) is 5.91 Å². The van der Waals surface area contributed by atoms with E-state index in [1.807, 2.05) is 30.3 Å². The van der Waals surface area contributed by atoms with E-state index < -0.39 is 0 Å². The molecule has 0 fully saturated rings. The number of hydrogen-bond acceptors (Lipinski definition) is 5. The first-order chi connectivity index (χ1) is 9.77. The average molecular weight is 272 g/mol. The minimum Gasteiger partial charge on any atom is -0.494 e. The molecule has 0 saturated carbocycles. The Balaban J connectivity index is 1.69. The maximum Gasteiger partial charge on any atom is 0.273 e. The maximum absolute atomic E-state index is 11.8. The number of hydrogen-bond donors (Lipinski definition) is 2. The summed E-state index contributed by atoms with van der Waals surface area (Å²) < 4.78 is 5.51. The number of para-hydroxylation sites is 1. The van der Waals surface area contributed by atoms with Crippen LogP contribution in [0.4, 0.5) is 5.82 Å². The fourth-order valence-electron chi connectivity index (χ4n) is 1.59. The quantitative estimate of drug-likeness (QED) is 0.772. The number of anilines is 1. The highest BCUT2D eigenvalue weighted by atomic mass is 16.5. The minimum absolute atomic E-state index is 0.130. The Hall–Kier alpha value is -2.63. The largest absolute Gasteiger partial charge is 0.494 e. The Morgan fingerprint density at radius 3 is 2.70 bits per heavy atom. The molecule has 0 unspecified atom stereocenters. The molecular formula is C14H16N4O2. The van der Waals surface area contributed by atoms with Gasteiger partial charge in [-0.3, -0.25) is 4.79 Å². The molecule has 1 amide bonds. The summed E-state index contributed by atoms with van der Waals surface area (Å²) in [6.45, 7) is 1.02. The Bertz CT molecular complexity index is 560. The van der Waals surface area contributed by atoms with Gasteiger partial charge < -0.3 is 15.8 Å². The van der Waals surface area contributed by atoms with Gasteiger partial charge in [-0.1, -0.05) is 18.2 Å². The first-order valence-corrected chi connectivity index (χ1v) is 6.30. The second-order valence-corrected chi connectivity index (χ2v) is 4.06. The summed E-state index contributed by atoms with van der Waals surface area (Å²) >= 11 is 0. The molecule has 1 aromatic carbocycles. The second kappa shape index (κ2) is 7.08. The monoisotopic (exact) mass is 272 g/mol. The number of nitrogens with zero attached hydrogens (tertiary/aromatic N) is 2. The van der Waals surface area contributed by atoms with Crippen LogP contribution in [0.2, 0.25) is 0 Å². The van der Waals surface area contributed by atoms with Gasteiger partial charge in [0.2, 0.25) is 0 Å². The fourth-order valence-corrected chi connectivity index (χ4v) is 1.59. The van der Waals surface area contributed by atoms with Crippen molar-refractivity contribution in [2.24, 2.45) is 0 Å². The highest BCUT2D eigenvalue weighted by Crippen LogP contribution is 2.08. The van der Waals surface area contributed by atoms with E-state index in [0.29, 0.717) is 19.6 Å². The predicted molar refractivity (Wildman–Crippen MR) is 75.3 cm³/mol. The zero-order chi connectivity index (χ0) is 14.2. The van der Waals surface area contributed by atoms with Crippen molar-refractivity contribution in [2.75, 3.05) is 18.9 Å². The number of carbonyl (C=O) groups is 1. The molecule has 0 aliphatic heterocycles. The lowest BCUT2D eigenvalue weighted by Crippen LogP contribution is -2.27. The SMILES string of the molecule is Nc1nccnc1C(=O)NCCCOc1ccccc1. The molecule has 6 nitrogen and oxygen atoms in total. The zero-order valence-electron chi connectivity index (χ0n) is 11.0. The van der Waals surface area contributed by atoms with Gasteiger partial charge in [-0.15, -0.1) is 0 Å². The first-order valence-electron chi connectivity index (χ1n) is 6.30. The molecule has 104 valence electrons. The number of ether oxygens (including phenoxy) is 1. The molecule has 0 aliphatic carbocycles. The third kappa shape index (κ3) is 3.94. The molecule has 0 spiro atoms. The van der Waals surface area contributed by atoms with Crippen molar-refractivity contribution in [1.82, 2.24) is 15.3 Å². The number of rotatable bonds is 6. The summed E-state index contributed by atoms with van der Waals surface area (Å²) in [4.78, 5) is 19.5. The Morgan fingerprint density at radius 1 is 1.20 bits per heavy atom. The van der Waals surface area contributed by atoms with Gasteiger partial charge in [-0.2, -0.15) is 0 Å². The van der Waals surface area contributed by atoms with Crippen molar-refractivity contribution >= 4 is 11.7 Å². The fraction of sp³-hybridized carbons (Fsp3) is 0.214. The van der Waals surface area contributed by atoms with E-state index in [1.54, 1.807) is 0 Å². The van der Waals surface area contributed by atoms with E-state index in [0.717, 1.165) is 5.75 Å². The van der Waals surface area contributed by atoms with Gasteiger partial charge >= 0.3 is 0 Å². The molecule has 0 bridgehead atoms. The molecular weight excluding hydrogens is 256 g/mol. The molecule has 3 N–H and O–H groups in total. The predicted octanol–water partition coefficient (Wildman–Crippen LogP) is 1.26. The van der Waals surface area contributed by atoms with Gasteiger partial charge in [-0.05, 0) is 18.6 Å². The van der Waals surface area contributed by atoms with E-state index in [4.69, 9.17) is 10.5 Å². The molecule has 0 atom stereocenters. The third-order valence-electron chi connectivity index (χ3n) is 2.56. The van der Waals surface area contributed by atoms with Crippen LogP contribution in [0.25, 0.3) is 0 Å². The minimum atomic E-state index is -0.324. The molecule has 20 heavy (non-hydrogen) atoms. The summed E-state index contributed by atoms with van der Waals surface area (Å²) in [5, 5.41) is 2.72. The van der Waals surface area contributed by atoms with Crippen LogP contribution in [0, 0.1) is 0 Å². The summed E-state index contributed by atoms with van der Waals surface area (Å²) in [5.74, 6) is 0.623. The Kier molecular flexibility index (Phi) is 4.88. The molecule has 2 rings (SSSR count). The standard InChI is InChI=1S/C14H16N4O2/c15-13-12(16-8-9-17-13)14(19)18-7-4-10-20-11-5-2-1-3-6-11/h1-3,5-6,8-9H,4,7,10H2,(H2,15,17)(H,18,19). The van der Waals surface area contributed by atoms with E-state index in [2.05, 4.69) is 15.3 Å². The molecule has 1 heterocycles. The van der Waals surface area contributed by atoms with Crippen LogP contribution in [0.1, 0.15) is 16.9 Å². The normalized spacial score (nSPS) is 10.0. The highest BCUT2D eigenvalue weighted by molar-refractivity contribution is 5.96. The molecule has 1 aromatic heterocycles. The summed E-state index contributed by atoms with van der Waals surface area (Å²) in [6.07, 6.45) is 3.57. The topological polar surface area (TPSA) is 90.1 Å². The average Bonchev–Trinajstić information content (AvgIpc) is 2.48. The van der Waals surface area contributed by atoms with Crippen LogP contribution in [0.15, 0.2) is 42.7 Å². The number of nitrogens with two attached hydrogens (primary N) is 1. The lowest BCUT2D eigenvalue weighted by Gasteiger charge is -2.07. The van der Waals surface area contributed by atoms with Gasteiger partial charge in [0.05, 0.1) is 6.61 Å². The number of nitrogens with one attached hydrogen (secondary N) is 1. The number of carbonyl (C=O) groups excluding carboxylic acids is 1. The highest BCUT2D eigenvalue weighted by Gasteiger charge is 2.10.